The molecule has 2 fully saturated rings. The van der Waals surface area contributed by atoms with E-state index < -0.39 is 10.0 Å². The first-order chi connectivity index (χ1) is 13.4. The number of carbonyl (C=O) groups is 1. The maximum atomic E-state index is 13.4. The number of hydrogen-bond acceptors (Lipinski definition) is 4. The summed E-state index contributed by atoms with van der Waals surface area (Å²) < 4.78 is 27.5. The first-order valence-corrected chi connectivity index (χ1v) is 12.0. The van der Waals surface area contributed by atoms with Gasteiger partial charge in [-0.05, 0) is 49.8 Å². The largest absolute Gasteiger partial charge is 0.371 e. The summed E-state index contributed by atoms with van der Waals surface area (Å²) in [6, 6.07) is 5.11. The van der Waals surface area contributed by atoms with Gasteiger partial charge >= 0.3 is 0 Å². The molecule has 0 radical (unpaired) electrons. The fourth-order valence-corrected chi connectivity index (χ4v) is 5.82. The molecule has 3 rings (SSSR count). The Morgan fingerprint density at radius 2 is 1.79 bits per heavy atom. The van der Waals surface area contributed by atoms with Crippen molar-refractivity contribution in [2.24, 2.45) is 5.92 Å². The van der Waals surface area contributed by atoms with E-state index in [1.54, 1.807) is 12.1 Å². The van der Waals surface area contributed by atoms with Crippen molar-refractivity contribution < 1.29 is 13.2 Å². The number of sulfonamides is 1. The third-order valence-electron chi connectivity index (χ3n) is 5.93. The van der Waals surface area contributed by atoms with Crippen molar-refractivity contribution in [3.8, 4) is 0 Å². The lowest BCUT2D eigenvalue weighted by atomic mass is 9.99. The molecule has 7 heteroatoms. The Labute approximate surface area is 169 Å². The molecule has 2 aliphatic rings. The molecule has 0 bridgehead atoms. The highest BCUT2D eigenvalue weighted by Gasteiger charge is 2.29. The number of amides is 1. The summed E-state index contributed by atoms with van der Waals surface area (Å²) in [4.78, 5) is 17.7. The minimum Gasteiger partial charge on any atom is -0.371 e. The molecule has 0 N–H and O–H groups in total. The van der Waals surface area contributed by atoms with Crippen LogP contribution >= 0.6 is 0 Å². The Morgan fingerprint density at radius 3 is 2.39 bits per heavy atom. The number of nitrogens with zero attached hydrogens (tertiary/aromatic N) is 3. The normalized spacial score (nSPS) is 20.8. The minimum absolute atomic E-state index is 0.0370. The molecular formula is C21H33N3O3S. The van der Waals surface area contributed by atoms with E-state index in [0.29, 0.717) is 24.6 Å². The van der Waals surface area contributed by atoms with Crippen LogP contribution in [-0.2, 0) is 10.0 Å². The van der Waals surface area contributed by atoms with Crippen molar-refractivity contribution in [1.82, 2.24) is 9.21 Å². The summed E-state index contributed by atoms with van der Waals surface area (Å²) >= 11 is 0. The van der Waals surface area contributed by atoms with E-state index in [9.17, 15) is 13.2 Å². The van der Waals surface area contributed by atoms with Gasteiger partial charge in [-0.15, -0.1) is 0 Å². The number of rotatable bonds is 6. The van der Waals surface area contributed by atoms with Gasteiger partial charge in [0.1, 0.15) is 0 Å². The molecular weight excluding hydrogens is 374 g/mol. The number of likely N-dealkylation sites (tertiary alicyclic amines) is 1. The van der Waals surface area contributed by atoms with Gasteiger partial charge in [0.25, 0.3) is 5.91 Å². The van der Waals surface area contributed by atoms with Crippen LogP contribution in [0.4, 0.5) is 5.69 Å². The molecule has 2 heterocycles. The second kappa shape index (κ2) is 8.82. The standard InChI is InChI=1S/C21H33N3O3S/c1-4-24(5-2)28(26,27)18-10-11-20(22-12-6-7-13-22)19(15-18)21(25)23-14-8-9-17(3)16-23/h10-11,15,17H,4-9,12-14,16H2,1-3H3. The van der Waals surface area contributed by atoms with Gasteiger partial charge in [-0.1, -0.05) is 20.8 Å². The van der Waals surface area contributed by atoms with Crippen LogP contribution in [0.1, 0.15) is 56.8 Å². The highest BCUT2D eigenvalue weighted by atomic mass is 32.2. The second-order valence-corrected chi connectivity index (χ2v) is 9.90. The van der Waals surface area contributed by atoms with E-state index in [4.69, 9.17) is 0 Å². The van der Waals surface area contributed by atoms with E-state index in [0.717, 1.165) is 57.5 Å². The molecule has 1 aromatic carbocycles. The predicted molar refractivity (Wildman–Crippen MR) is 112 cm³/mol. The summed E-state index contributed by atoms with van der Waals surface area (Å²) in [6.07, 6.45) is 4.35. The summed E-state index contributed by atoms with van der Waals surface area (Å²) in [6.45, 7) is 9.99. The van der Waals surface area contributed by atoms with E-state index in [-0.39, 0.29) is 10.8 Å². The lowest BCUT2D eigenvalue weighted by Crippen LogP contribution is -2.40. The summed E-state index contributed by atoms with van der Waals surface area (Å²) in [5.74, 6) is 0.445. The first kappa shape index (κ1) is 21.1. The van der Waals surface area contributed by atoms with E-state index in [1.807, 2.05) is 24.8 Å². The predicted octanol–water partition coefficient (Wildman–Crippen LogP) is 3.19. The zero-order valence-electron chi connectivity index (χ0n) is 17.4. The third-order valence-corrected chi connectivity index (χ3v) is 7.98. The quantitative estimate of drug-likeness (QED) is 0.727. The molecule has 1 unspecified atom stereocenters. The van der Waals surface area contributed by atoms with Gasteiger partial charge in [0.05, 0.1) is 10.5 Å². The Bertz CT molecular complexity index is 799. The third kappa shape index (κ3) is 4.20. The van der Waals surface area contributed by atoms with Crippen molar-refractivity contribution >= 4 is 21.6 Å². The van der Waals surface area contributed by atoms with Gasteiger partial charge in [-0.3, -0.25) is 4.79 Å². The Balaban J connectivity index is 2.02. The molecule has 0 aromatic heterocycles. The van der Waals surface area contributed by atoms with Crippen LogP contribution < -0.4 is 4.90 Å². The van der Waals surface area contributed by atoms with Crippen molar-refractivity contribution in [1.29, 1.82) is 0 Å². The van der Waals surface area contributed by atoms with Crippen molar-refractivity contribution in [2.45, 2.75) is 51.3 Å². The molecule has 6 nitrogen and oxygen atoms in total. The van der Waals surface area contributed by atoms with Gasteiger partial charge in [0.15, 0.2) is 0 Å². The maximum absolute atomic E-state index is 13.4. The van der Waals surface area contributed by atoms with Crippen molar-refractivity contribution in [3.05, 3.63) is 23.8 Å². The van der Waals surface area contributed by atoms with Gasteiger partial charge < -0.3 is 9.80 Å². The summed E-state index contributed by atoms with van der Waals surface area (Å²) in [5, 5.41) is 0. The highest BCUT2D eigenvalue weighted by Crippen LogP contribution is 2.30. The average molecular weight is 408 g/mol. The average Bonchev–Trinajstić information content (AvgIpc) is 3.22. The van der Waals surface area contributed by atoms with Crippen LogP contribution in [0.5, 0.6) is 0 Å². The topological polar surface area (TPSA) is 60.9 Å². The molecule has 1 amide bonds. The lowest BCUT2D eigenvalue weighted by molar-refractivity contribution is 0.0683. The molecule has 2 saturated heterocycles. The van der Waals surface area contributed by atoms with Crippen LogP contribution in [0.3, 0.4) is 0 Å². The van der Waals surface area contributed by atoms with Crippen LogP contribution in [0, 0.1) is 5.92 Å². The van der Waals surface area contributed by atoms with Crippen molar-refractivity contribution in [2.75, 3.05) is 44.2 Å². The maximum Gasteiger partial charge on any atom is 0.256 e. The fraction of sp³-hybridized carbons (Fsp3) is 0.667. The number of hydrogen-bond donors (Lipinski definition) is 0. The smallest absolute Gasteiger partial charge is 0.256 e. The molecule has 2 aliphatic heterocycles. The van der Waals surface area contributed by atoms with Crippen LogP contribution in [-0.4, -0.2) is 62.8 Å². The molecule has 28 heavy (non-hydrogen) atoms. The molecule has 156 valence electrons. The SMILES string of the molecule is CCN(CC)S(=O)(=O)c1ccc(N2CCCC2)c(C(=O)N2CCCC(C)C2)c1. The highest BCUT2D eigenvalue weighted by molar-refractivity contribution is 7.89. The molecule has 0 spiro atoms. The zero-order chi connectivity index (χ0) is 20.3. The molecule has 0 aliphatic carbocycles. The summed E-state index contributed by atoms with van der Waals surface area (Å²) in [5.41, 5.74) is 1.41. The van der Waals surface area contributed by atoms with E-state index in [1.165, 1.54) is 4.31 Å². The molecule has 1 aromatic rings. The minimum atomic E-state index is -3.59. The van der Waals surface area contributed by atoms with Crippen molar-refractivity contribution in [3.63, 3.8) is 0 Å². The zero-order valence-corrected chi connectivity index (χ0v) is 18.2. The lowest BCUT2D eigenvalue weighted by Gasteiger charge is -2.32. The van der Waals surface area contributed by atoms with Gasteiger partial charge in [0, 0.05) is 45.0 Å². The van der Waals surface area contributed by atoms with Gasteiger partial charge in [-0.25, -0.2) is 8.42 Å². The monoisotopic (exact) mass is 407 g/mol. The number of anilines is 1. The van der Waals surface area contributed by atoms with E-state index in [2.05, 4.69) is 11.8 Å². The molecule has 1 atom stereocenters. The van der Waals surface area contributed by atoms with Gasteiger partial charge in [-0.2, -0.15) is 4.31 Å². The van der Waals surface area contributed by atoms with E-state index >= 15 is 0 Å². The van der Waals surface area contributed by atoms with Gasteiger partial charge in [0.2, 0.25) is 10.0 Å². The number of carbonyl (C=O) groups excluding carboxylic acids is 1. The Kier molecular flexibility index (Phi) is 6.65. The van der Waals surface area contributed by atoms with Crippen LogP contribution in [0.15, 0.2) is 23.1 Å². The Hall–Kier alpha value is -1.60. The molecule has 0 saturated carbocycles. The van der Waals surface area contributed by atoms with Crippen LogP contribution in [0.25, 0.3) is 0 Å². The first-order valence-electron chi connectivity index (χ1n) is 10.6. The Morgan fingerprint density at radius 1 is 1.11 bits per heavy atom. The summed E-state index contributed by atoms with van der Waals surface area (Å²) in [7, 11) is -3.59. The fourth-order valence-electron chi connectivity index (χ4n) is 4.34. The number of benzene rings is 1. The number of piperidine rings is 1. The second-order valence-electron chi connectivity index (χ2n) is 7.96. The van der Waals surface area contributed by atoms with Crippen LogP contribution in [0.2, 0.25) is 0 Å².